The second kappa shape index (κ2) is 29.9. The number of hydrogen-bond acceptors (Lipinski definition) is 13. The quantitative estimate of drug-likeness (QED) is 0.0301. The van der Waals surface area contributed by atoms with Crippen molar-refractivity contribution in [3.63, 3.8) is 0 Å². The molecule has 5 aliphatic rings. The molecule has 25 heteroatoms. The molecule has 0 aromatic heterocycles. The fourth-order valence-electron chi connectivity index (χ4n) is 10.7. The molecule has 2 aromatic carbocycles. The maximum absolute atomic E-state index is 15.4. The molecule has 1 saturated carbocycles. The second-order valence-corrected chi connectivity index (χ2v) is 23.5. The van der Waals surface area contributed by atoms with Crippen molar-refractivity contribution in [2.24, 2.45) is 45.7 Å². The van der Waals surface area contributed by atoms with Crippen LogP contribution in [0, 0.1) is 17.8 Å². The lowest BCUT2D eigenvalue weighted by Crippen LogP contribution is -2.66. The average Bonchev–Trinajstić information content (AvgIpc) is 3.93. The van der Waals surface area contributed by atoms with E-state index >= 15 is 9.59 Å². The predicted octanol–water partition coefficient (Wildman–Crippen LogP) is -0.412. The van der Waals surface area contributed by atoms with E-state index in [1.807, 2.05) is 60.7 Å². The number of hydrogen-bond donors (Lipinski definition) is 9. The first-order chi connectivity index (χ1) is 37.8. The van der Waals surface area contributed by atoms with Gasteiger partial charge >= 0.3 is 0 Å². The normalized spacial score (nSPS) is 24.4. The minimum Gasteiger partial charge on any atom is -0.370 e. The highest BCUT2D eigenvalue weighted by molar-refractivity contribution is 8.76. The van der Waals surface area contributed by atoms with E-state index in [0.717, 1.165) is 43.2 Å². The lowest BCUT2D eigenvalue weighted by atomic mass is 9.79. The van der Waals surface area contributed by atoms with Crippen molar-refractivity contribution in [1.82, 2.24) is 41.3 Å². The Bertz CT molecular complexity index is 2520. The van der Waals surface area contributed by atoms with Gasteiger partial charge in [0.25, 0.3) is 0 Å². The van der Waals surface area contributed by atoms with E-state index in [1.165, 1.54) is 31.4 Å². The summed E-state index contributed by atoms with van der Waals surface area (Å²) in [5.74, 6) is -8.04. The smallest absolute Gasteiger partial charge is 0.246 e. The summed E-state index contributed by atoms with van der Waals surface area (Å²) >= 11 is 0. The first-order valence-corrected chi connectivity index (χ1v) is 29.7. The van der Waals surface area contributed by atoms with Crippen LogP contribution in [-0.2, 0) is 60.8 Å². The van der Waals surface area contributed by atoms with Crippen LogP contribution in [-0.4, -0.2) is 166 Å². The molecule has 430 valence electrons. The number of benzene rings is 2. The molecule has 1 aliphatic carbocycles. The molecule has 4 aliphatic heterocycles. The van der Waals surface area contributed by atoms with Crippen molar-refractivity contribution >= 4 is 86.6 Å². The zero-order valence-corrected chi connectivity index (χ0v) is 46.6. The molecular formula is C54H77N13O10S2. The number of fused-ring (bicyclic) bond motifs is 17. The Morgan fingerprint density at radius 1 is 0.696 bits per heavy atom. The number of piperazine rings is 1. The third-order valence-electron chi connectivity index (χ3n) is 14.9. The van der Waals surface area contributed by atoms with Gasteiger partial charge in [0.1, 0.15) is 42.3 Å². The van der Waals surface area contributed by atoms with Gasteiger partial charge < -0.3 is 64.2 Å². The molecule has 4 saturated heterocycles. The van der Waals surface area contributed by atoms with Crippen molar-refractivity contribution in [2.75, 3.05) is 44.2 Å². The Labute approximate surface area is 468 Å². The minimum atomic E-state index is -1.64. The van der Waals surface area contributed by atoms with E-state index < -0.39 is 120 Å². The molecule has 5 fully saturated rings. The number of nitrogens with one attached hydrogen (secondary N) is 5. The molecule has 0 radical (unpaired) electrons. The zero-order valence-electron chi connectivity index (χ0n) is 45.0. The maximum Gasteiger partial charge on any atom is 0.246 e. The van der Waals surface area contributed by atoms with Gasteiger partial charge in [0.15, 0.2) is 5.96 Å². The van der Waals surface area contributed by atoms with Crippen molar-refractivity contribution in [3.05, 3.63) is 71.8 Å². The highest BCUT2D eigenvalue weighted by atomic mass is 33.1. The largest absolute Gasteiger partial charge is 0.370 e. The molecule has 0 spiro atoms. The van der Waals surface area contributed by atoms with E-state index in [0.29, 0.717) is 6.42 Å². The van der Waals surface area contributed by atoms with Crippen molar-refractivity contribution in [1.29, 1.82) is 0 Å². The highest BCUT2D eigenvalue weighted by Crippen LogP contribution is 2.37. The van der Waals surface area contributed by atoms with Gasteiger partial charge in [0.05, 0.1) is 18.9 Å². The van der Waals surface area contributed by atoms with Gasteiger partial charge in [0, 0.05) is 50.5 Å². The van der Waals surface area contributed by atoms with Gasteiger partial charge in [0.2, 0.25) is 59.1 Å². The predicted molar refractivity (Wildman–Crippen MR) is 299 cm³/mol. The summed E-state index contributed by atoms with van der Waals surface area (Å²) in [7, 11) is 2.55. The second-order valence-electron chi connectivity index (χ2n) is 21.0. The molecule has 0 unspecified atom stereocenters. The lowest BCUT2D eigenvalue weighted by Gasteiger charge is -2.45. The molecule has 8 atom stereocenters. The van der Waals surface area contributed by atoms with E-state index in [2.05, 4.69) is 31.6 Å². The van der Waals surface area contributed by atoms with Gasteiger partial charge in [-0.1, -0.05) is 115 Å². The Hall–Kier alpha value is -6.89. The molecule has 7 rings (SSSR count). The number of nitrogens with zero attached hydrogens (tertiary/aromatic N) is 4. The molecule has 2 aromatic rings. The van der Waals surface area contributed by atoms with Crippen LogP contribution in [0.15, 0.2) is 65.7 Å². The van der Waals surface area contributed by atoms with E-state index in [9.17, 15) is 38.4 Å². The van der Waals surface area contributed by atoms with Crippen LogP contribution in [0.4, 0.5) is 0 Å². The van der Waals surface area contributed by atoms with Gasteiger partial charge in [-0.15, -0.1) is 0 Å². The SMILES string of the molecule is CC(C)[C@@H]1NC(=O)[C@H](Cc2ccccc2)N2CCN(C(=O)[C@H](C3CCCCC3)CSSC[C@H](C(=O)N3CCC[C@H]3C(=O)N[C@@H](CCCN=C(N)N)C(=O)NCC(N)=O)NC(=O)[C@H](CC(N)=O)NC1=O)[C@@H](Cc1ccccc1)C2=O. The third kappa shape index (κ3) is 17.6. The first kappa shape index (κ1) is 61.3. The summed E-state index contributed by atoms with van der Waals surface area (Å²) in [6.45, 7) is 3.24. The number of aliphatic imine (C=N–C) groups is 1. The van der Waals surface area contributed by atoms with Gasteiger partial charge in [-0.3, -0.25) is 52.9 Å². The molecule has 2 bridgehead atoms. The minimum absolute atomic E-state index is 0.0188. The van der Waals surface area contributed by atoms with Crippen molar-refractivity contribution in [3.8, 4) is 0 Å². The number of guanidine groups is 1. The maximum atomic E-state index is 15.4. The highest BCUT2D eigenvalue weighted by Gasteiger charge is 2.46. The number of primary amides is 2. The van der Waals surface area contributed by atoms with Crippen LogP contribution in [0.1, 0.15) is 89.2 Å². The Morgan fingerprint density at radius 3 is 1.92 bits per heavy atom. The standard InChI is InChI=1S/C54H77N13O10S2/c1-32(2)45-50(74)62-38(28-43(55)68)47(71)63-39(52(76)65-23-13-21-40(65)48(72)61-37(20-12-22-59-54(57)58)46(70)60-29-44(56)69)31-79-78-30-36(35-18-10-5-11-19-35)51(75)67-25-24-66(53(77)42(67)27-34-16-8-4-9-17-34)41(49(73)64-45)26-33-14-6-3-7-15-33/h3-4,6-9,14-17,32,35-42,45H,5,10-13,18-31H2,1-2H3,(H2,55,68)(H2,56,69)(H,60,70)(H,61,72)(H,62,74)(H,63,71)(H,64,73)(H4,57,58,59)/t36-,37-,38-,39+,40-,41-,42-,45-/m0/s1. The van der Waals surface area contributed by atoms with Gasteiger partial charge in [-0.2, -0.15) is 0 Å². The zero-order chi connectivity index (χ0) is 57.2. The molecule has 10 amide bonds. The average molecular weight is 1130 g/mol. The summed E-state index contributed by atoms with van der Waals surface area (Å²) in [6.07, 6.45) is 4.88. The van der Waals surface area contributed by atoms with Gasteiger partial charge in [-0.05, 0) is 61.5 Å². The van der Waals surface area contributed by atoms with Crippen LogP contribution < -0.4 is 49.5 Å². The number of nitrogens with two attached hydrogens (primary N) is 4. The van der Waals surface area contributed by atoms with E-state index in [-0.39, 0.29) is 87.6 Å². The summed E-state index contributed by atoms with van der Waals surface area (Å²) in [5.41, 5.74) is 23.4. The van der Waals surface area contributed by atoms with E-state index in [4.69, 9.17) is 22.9 Å². The summed E-state index contributed by atoms with van der Waals surface area (Å²) in [6, 6.07) is 9.79. The number of carbonyl (C=O) groups is 10. The monoisotopic (exact) mass is 1130 g/mol. The fraction of sp³-hybridized carbons (Fsp3) is 0.574. The third-order valence-corrected chi connectivity index (χ3v) is 17.3. The van der Waals surface area contributed by atoms with Gasteiger partial charge in [-0.25, -0.2) is 0 Å². The van der Waals surface area contributed by atoms with Crippen LogP contribution in [0.5, 0.6) is 0 Å². The van der Waals surface area contributed by atoms with Crippen LogP contribution >= 0.6 is 21.6 Å². The molecular weight excluding hydrogens is 1050 g/mol. The number of likely N-dealkylation sites (tertiary alicyclic amines) is 1. The van der Waals surface area contributed by atoms with Crippen molar-refractivity contribution in [2.45, 2.75) is 133 Å². The molecule has 79 heavy (non-hydrogen) atoms. The molecule has 13 N–H and O–H groups in total. The van der Waals surface area contributed by atoms with Crippen molar-refractivity contribution < 1.29 is 47.9 Å². The number of carbonyl (C=O) groups excluding carboxylic acids is 10. The first-order valence-electron chi connectivity index (χ1n) is 27.2. The van der Waals surface area contributed by atoms with Crippen LogP contribution in [0.25, 0.3) is 0 Å². The summed E-state index contributed by atoms with van der Waals surface area (Å²) in [5, 5.41) is 13.3. The number of rotatable bonds is 18. The summed E-state index contributed by atoms with van der Waals surface area (Å²) in [4.78, 5) is 149. The Balaban J connectivity index is 1.36. The van der Waals surface area contributed by atoms with E-state index in [1.54, 1.807) is 18.7 Å². The topological polar surface area (TPSA) is 357 Å². The summed E-state index contributed by atoms with van der Waals surface area (Å²) < 4.78 is 0. The van der Waals surface area contributed by atoms with Crippen LogP contribution in [0.3, 0.4) is 0 Å². The Kier molecular flexibility index (Phi) is 23.2. The lowest BCUT2D eigenvalue weighted by molar-refractivity contribution is -0.158. The Morgan fingerprint density at radius 2 is 1.32 bits per heavy atom. The molecule has 23 nitrogen and oxygen atoms in total. The van der Waals surface area contributed by atoms with Crippen LogP contribution in [0.2, 0.25) is 0 Å². The fourth-order valence-corrected chi connectivity index (χ4v) is 13.3. The molecule has 4 heterocycles. The number of amides is 10.